The monoisotopic (exact) mass is 207 g/mol. The predicted octanol–water partition coefficient (Wildman–Crippen LogP) is 2.45. The van der Waals surface area contributed by atoms with E-state index in [0.717, 1.165) is 5.56 Å². The number of benzene rings is 1. The van der Waals surface area contributed by atoms with Gasteiger partial charge in [-0.25, -0.2) is 0 Å². The summed E-state index contributed by atoms with van der Waals surface area (Å²) < 4.78 is 0. The van der Waals surface area contributed by atoms with E-state index in [1.165, 1.54) is 0 Å². The van der Waals surface area contributed by atoms with Crippen LogP contribution in [0.3, 0.4) is 0 Å². The molecule has 15 heavy (non-hydrogen) atoms. The first-order valence-corrected chi connectivity index (χ1v) is 5.49. The molecule has 1 rings (SSSR count). The van der Waals surface area contributed by atoms with E-state index in [4.69, 9.17) is 0 Å². The largest absolute Gasteiger partial charge is 0.387 e. The Morgan fingerprint density at radius 1 is 1.07 bits per heavy atom. The van der Waals surface area contributed by atoms with E-state index in [-0.39, 0.29) is 6.04 Å². The van der Waals surface area contributed by atoms with Gasteiger partial charge in [-0.1, -0.05) is 30.3 Å². The van der Waals surface area contributed by atoms with E-state index in [2.05, 4.69) is 25.7 Å². The zero-order valence-electron chi connectivity index (χ0n) is 10.0. The number of nitrogens with zero attached hydrogens (tertiary/aromatic N) is 1. The second-order valence-corrected chi connectivity index (χ2v) is 4.36. The maximum atomic E-state index is 10.2. The Morgan fingerprint density at radius 3 is 2.07 bits per heavy atom. The van der Waals surface area contributed by atoms with Crippen molar-refractivity contribution in [3.05, 3.63) is 35.9 Å². The molecule has 0 heterocycles. The molecule has 0 fully saturated rings. The van der Waals surface area contributed by atoms with Crippen LogP contribution in [0.2, 0.25) is 0 Å². The molecule has 0 radical (unpaired) electrons. The molecule has 2 atom stereocenters. The van der Waals surface area contributed by atoms with Crippen molar-refractivity contribution in [2.75, 3.05) is 7.05 Å². The third-order valence-corrected chi connectivity index (χ3v) is 3.05. The van der Waals surface area contributed by atoms with Crippen molar-refractivity contribution in [1.29, 1.82) is 0 Å². The molecule has 0 aliphatic carbocycles. The van der Waals surface area contributed by atoms with Crippen molar-refractivity contribution < 1.29 is 5.11 Å². The summed E-state index contributed by atoms with van der Waals surface area (Å²) in [5.74, 6) is 0. The molecular weight excluding hydrogens is 186 g/mol. The van der Waals surface area contributed by atoms with E-state index in [9.17, 15) is 5.11 Å². The summed E-state index contributed by atoms with van der Waals surface area (Å²) in [6, 6.07) is 10.4. The van der Waals surface area contributed by atoms with Gasteiger partial charge in [0.1, 0.15) is 0 Å². The fourth-order valence-electron chi connectivity index (χ4n) is 1.62. The van der Waals surface area contributed by atoms with Gasteiger partial charge in [0.05, 0.1) is 6.10 Å². The zero-order chi connectivity index (χ0) is 11.4. The summed E-state index contributed by atoms with van der Waals surface area (Å²) in [6.07, 6.45) is -0.418. The van der Waals surface area contributed by atoms with Crippen LogP contribution in [0.4, 0.5) is 0 Å². The minimum Gasteiger partial charge on any atom is -0.387 e. The van der Waals surface area contributed by atoms with Crippen LogP contribution < -0.4 is 0 Å². The topological polar surface area (TPSA) is 23.5 Å². The lowest BCUT2D eigenvalue weighted by Crippen LogP contribution is -2.39. The van der Waals surface area contributed by atoms with Gasteiger partial charge in [-0.3, -0.25) is 4.90 Å². The molecule has 0 saturated carbocycles. The molecule has 0 amide bonds. The average Bonchev–Trinajstić information content (AvgIpc) is 2.27. The summed E-state index contributed by atoms with van der Waals surface area (Å²) in [5.41, 5.74) is 0.984. The van der Waals surface area contributed by atoms with Crippen molar-refractivity contribution in [2.24, 2.45) is 0 Å². The Bertz CT molecular complexity index is 284. The molecule has 0 spiro atoms. The van der Waals surface area contributed by atoms with E-state index < -0.39 is 6.10 Å². The molecular formula is C13H21NO. The van der Waals surface area contributed by atoms with Crippen LogP contribution in [0, 0.1) is 0 Å². The highest BCUT2D eigenvalue weighted by atomic mass is 16.3. The standard InChI is InChI=1S/C13H21NO/c1-10(2)14(4)11(3)13(15)12-8-6-5-7-9-12/h5-11,13,15H,1-4H3/t11-,13-/m0/s1. The smallest absolute Gasteiger partial charge is 0.0942 e. The number of aliphatic hydroxyl groups excluding tert-OH is 1. The SMILES string of the molecule is CC(C)N(C)[C@@H](C)[C@H](O)c1ccccc1. The molecule has 84 valence electrons. The third kappa shape index (κ3) is 3.05. The maximum absolute atomic E-state index is 10.2. The fraction of sp³-hybridized carbons (Fsp3) is 0.538. The minimum absolute atomic E-state index is 0.132. The molecule has 0 bridgehead atoms. The highest BCUT2D eigenvalue weighted by molar-refractivity contribution is 5.18. The van der Waals surface area contributed by atoms with Crippen molar-refractivity contribution >= 4 is 0 Å². The first-order valence-electron chi connectivity index (χ1n) is 5.49. The highest BCUT2D eigenvalue weighted by Gasteiger charge is 2.21. The van der Waals surface area contributed by atoms with Crippen LogP contribution in [-0.4, -0.2) is 29.1 Å². The molecule has 2 nitrogen and oxygen atoms in total. The molecule has 0 unspecified atom stereocenters. The first-order chi connectivity index (χ1) is 7.04. The van der Waals surface area contributed by atoms with Gasteiger partial charge < -0.3 is 5.11 Å². The fourth-order valence-corrected chi connectivity index (χ4v) is 1.62. The zero-order valence-corrected chi connectivity index (χ0v) is 10.0. The Morgan fingerprint density at radius 2 is 1.60 bits per heavy atom. The van der Waals surface area contributed by atoms with Gasteiger partial charge in [-0.05, 0) is 33.4 Å². The molecule has 0 saturated heterocycles. The molecule has 0 aliphatic heterocycles. The van der Waals surface area contributed by atoms with E-state index in [1.54, 1.807) is 0 Å². The minimum atomic E-state index is -0.418. The Hall–Kier alpha value is -0.860. The summed E-state index contributed by atoms with van der Waals surface area (Å²) in [6.45, 7) is 6.32. The van der Waals surface area contributed by atoms with Gasteiger partial charge in [0, 0.05) is 12.1 Å². The summed E-state index contributed by atoms with van der Waals surface area (Å²) >= 11 is 0. The van der Waals surface area contributed by atoms with E-state index >= 15 is 0 Å². The molecule has 1 aromatic rings. The van der Waals surface area contributed by atoms with Gasteiger partial charge in [0.25, 0.3) is 0 Å². The first kappa shape index (κ1) is 12.2. The summed E-state index contributed by atoms with van der Waals surface area (Å²) in [5, 5.41) is 10.2. The van der Waals surface area contributed by atoms with Gasteiger partial charge in [0.15, 0.2) is 0 Å². The van der Waals surface area contributed by atoms with E-state index in [1.807, 2.05) is 37.4 Å². The van der Waals surface area contributed by atoms with Crippen molar-refractivity contribution in [3.63, 3.8) is 0 Å². The molecule has 0 aromatic heterocycles. The number of hydrogen-bond acceptors (Lipinski definition) is 2. The van der Waals surface area contributed by atoms with Crippen LogP contribution in [0.25, 0.3) is 0 Å². The van der Waals surface area contributed by atoms with Crippen molar-refractivity contribution in [1.82, 2.24) is 4.90 Å². The van der Waals surface area contributed by atoms with Crippen LogP contribution in [0.15, 0.2) is 30.3 Å². The lowest BCUT2D eigenvalue weighted by Gasteiger charge is -2.32. The second-order valence-electron chi connectivity index (χ2n) is 4.36. The van der Waals surface area contributed by atoms with Crippen LogP contribution in [0.1, 0.15) is 32.4 Å². The molecule has 1 N–H and O–H groups in total. The van der Waals surface area contributed by atoms with Gasteiger partial charge in [-0.2, -0.15) is 0 Å². The summed E-state index contributed by atoms with van der Waals surface area (Å²) in [7, 11) is 2.04. The Kier molecular flexibility index (Phi) is 4.30. The Labute approximate surface area is 92.5 Å². The maximum Gasteiger partial charge on any atom is 0.0942 e. The van der Waals surface area contributed by atoms with Gasteiger partial charge >= 0.3 is 0 Å². The third-order valence-electron chi connectivity index (χ3n) is 3.05. The average molecular weight is 207 g/mol. The number of likely N-dealkylation sites (N-methyl/N-ethyl adjacent to an activating group) is 1. The van der Waals surface area contributed by atoms with Crippen LogP contribution >= 0.6 is 0 Å². The number of aliphatic hydroxyl groups is 1. The lowest BCUT2D eigenvalue weighted by atomic mass is 10.0. The summed E-state index contributed by atoms with van der Waals surface area (Å²) in [4.78, 5) is 2.18. The number of rotatable bonds is 4. The van der Waals surface area contributed by atoms with Crippen molar-refractivity contribution in [3.8, 4) is 0 Å². The van der Waals surface area contributed by atoms with Gasteiger partial charge in [-0.15, -0.1) is 0 Å². The quantitative estimate of drug-likeness (QED) is 0.819. The highest BCUT2D eigenvalue weighted by Crippen LogP contribution is 2.20. The van der Waals surface area contributed by atoms with Crippen LogP contribution in [0.5, 0.6) is 0 Å². The van der Waals surface area contributed by atoms with Crippen molar-refractivity contribution in [2.45, 2.75) is 39.0 Å². The van der Waals surface area contributed by atoms with Gasteiger partial charge in [0.2, 0.25) is 0 Å². The normalized spacial score (nSPS) is 15.7. The molecule has 2 heteroatoms. The molecule has 1 aromatic carbocycles. The predicted molar refractivity (Wildman–Crippen MR) is 63.8 cm³/mol. The Balaban J connectivity index is 2.73. The number of hydrogen-bond donors (Lipinski definition) is 1. The second kappa shape index (κ2) is 5.29. The molecule has 0 aliphatic rings. The van der Waals surface area contributed by atoms with Crippen LogP contribution in [-0.2, 0) is 0 Å². The van der Waals surface area contributed by atoms with E-state index in [0.29, 0.717) is 6.04 Å². The lowest BCUT2D eigenvalue weighted by molar-refractivity contribution is 0.0571.